The third-order valence-corrected chi connectivity index (χ3v) is 13.2. The van der Waals surface area contributed by atoms with E-state index in [2.05, 4.69) is 63.9 Å². The lowest BCUT2D eigenvalue weighted by atomic mass is 9.87. The molecule has 40 heavy (non-hydrogen) atoms. The fourth-order valence-corrected chi connectivity index (χ4v) is 5.98. The summed E-state index contributed by atoms with van der Waals surface area (Å²) in [5.74, 6) is 0.338. The first kappa shape index (κ1) is 30.5. The van der Waals surface area contributed by atoms with Crippen LogP contribution < -0.4 is 0 Å². The topological polar surface area (TPSA) is 12.5 Å². The van der Waals surface area contributed by atoms with Crippen LogP contribution >= 0.6 is 0 Å². The predicted molar refractivity (Wildman–Crippen MR) is 157 cm³/mol. The molecule has 1 aliphatic rings. The Balaban J connectivity index is 1.82. The van der Waals surface area contributed by atoms with E-state index < -0.39 is 20.1 Å². The van der Waals surface area contributed by atoms with Crippen molar-refractivity contribution in [1.82, 2.24) is 4.90 Å². The van der Waals surface area contributed by atoms with Crippen molar-refractivity contribution in [2.75, 3.05) is 13.1 Å². The normalized spacial score (nSPS) is 16.8. The Morgan fingerprint density at radius 1 is 0.900 bits per heavy atom. The molecule has 0 radical (unpaired) electrons. The molecule has 7 heteroatoms. The lowest BCUT2D eigenvalue weighted by Gasteiger charge is -2.38. The van der Waals surface area contributed by atoms with E-state index in [0.717, 1.165) is 65.9 Å². The van der Waals surface area contributed by atoms with Gasteiger partial charge in [-0.2, -0.15) is 13.2 Å². The first-order valence-corrected chi connectivity index (χ1v) is 17.0. The minimum Gasteiger partial charge on any atom is -0.413 e. The van der Waals surface area contributed by atoms with Gasteiger partial charge < -0.3 is 4.43 Å². The van der Waals surface area contributed by atoms with E-state index in [-0.39, 0.29) is 16.9 Å². The van der Waals surface area contributed by atoms with E-state index >= 15 is 0 Å². The van der Waals surface area contributed by atoms with E-state index in [0.29, 0.717) is 12.5 Å². The minimum absolute atomic E-state index is 0.0578. The van der Waals surface area contributed by atoms with Gasteiger partial charge in [0.15, 0.2) is 8.32 Å². The molecule has 1 atom stereocenters. The number of likely N-dealkylation sites (tertiary alicyclic amines) is 1. The van der Waals surface area contributed by atoms with Gasteiger partial charge >= 0.3 is 6.18 Å². The van der Waals surface area contributed by atoms with Crippen molar-refractivity contribution < 1.29 is 22.0 Å². The Kier molecular flexibility index (Phi) is 8.98. The van der Waals surface area contributed by atoms with E-state index in [1.807, 2.05) is 12.1 Å². The van der Waals surface area contributed by atoms with E-state index in [4.69, 9.17) is 4.43 Å². The van der Waals surface area contributed by atoms with Crippen molar-refractivity contribution >= 4 is 8.32 Å². The summed E-state index contributed by atoms with van der Waals surface area (Å²) in [6, 6.07) is 18.1. The molecule has 1 unspecified atom stereocenters. The molecule has 0 amide bonds. The third-order valence-electron chi connectivity index (χ3n) is 8.71. The van der Waals surface area contributed by atoms with Crippen LogP contribution in [0, 0.1) is 11.7 Å². The Morgan fingerprint density at radius 2 is 1.50 bits per heavy atom. The number of nitrogens with zero attached hydrogens (tertiary/aromatic N) is 1. The van der Waals surface area contributed by atoms with Gasteiger partial charge in [0.1, 0.15) is 5.82 Å². The van der Waals surface area contributed by atoms with Crippen molar-refractivity contribution in [2.24, 2.45) is 5.92 Å². The second-order valence-corrected chi connectivity index (χ2v) is 17.5. The van der Waals surface area contributed by atoms with Gasteiger partial charge in [0, 0.05) is 0 Å². The molecule has 0 aromatic heterocycles. The standard InChI is InChI=1S/C33H41F4NOSi/c1-23-17-19-38(20-18-23)31(26-10-14-28(34)15-11-26)29-16-7-24(22-39-40(5,6)32(2,3)4)21-30(29)25-8-12-27(13-9-25)33(35,36)37/h7-16,21,23,31H,17-20,22H2,1-6H3. The van der Waals surface area contributed by atoms with E-state index in [1.165, 1.54) is 12.1 Å². The van der Waals surface area contributed by atoms with Crippen molar-refractivity contribution in [1.29, 1.82) is 0 Å². The quantitative estimate of drug-likeness (QED) is 0.207. The van der Waals surface area contributed by atoms with E-state index in [9.17, 15) is 17.6 Å². The van der Waals surface area contributed by atoms with Gasteiger partial charge in [0.2, 0.25) is 0 Å². The first-order valence-electron chi connectivity index (χ1n) is 14.1. The van der Waals surface area contributed by atoms with Gasteiger partial charge in [-0.05, 0) is 108 Å². The molecule has 1 heterocycles. The summed E-state index contributed by atoms with van der Waals surface area (Å²) >= 11 is 0. The summed E-state index contributed by atoms with van der Waals surface area (Å²) in [7, 11) is -2.01. The molecule has 0 N–H and O–H groups in total. The number of alkyl halides is 3. The van der Waals surface area contributed by atoms with Crippen LogP contribution in [0.15, 0.2) is 66.7 Å². The fraction of sp³-hybridized carbons (Fsp3) is 0.455. The van der Waals surface area contributed by atoms with Gasteiger partial charge in [-0.3, -0.25) is 4.90 Å². The molecule has 0 bridgehead atoms. The summed E-state index contributed by atoms with van der Waals surface area (Å²) in [6.45, 7) is 15.5. The molecule has 216 valence electrons. The Bertz CT molecular complexity index is 1270. The Labute approximate surface area is 237 Å². The number of halogens is 4. The molecule has 1 saturated heterocycles. The average Bonchev–Trinajstić information content (AvgIpc) is 2.89. The highest BCUT2D eigenvalue weighted by molar-refractivity contribution is 6.74. The summed E-state index contributed by atoms with van der Waals surface area (Å²) in [6.07, 6.45) is -2.28. The van der Waals surface area contributed by atoms with Gasteiger partial charge in [0.05, 0.1) is 18.2 Å². The first-order chi connectivity index (χ1) is 18.7. The Hall–Kier alpha value is -2.48. The number of hydrogen-bond acceptors (Lipinski definition) is 2. The maximum atomic E-state index is 13.9. The minimum atomic E-state index is -4.40. The summed E-state index contributed by atoms with van der Waals surface area (Å²) < 4.78 is 60.6. The van der Waals surface area contributed by atoms with Crippen LogP contribution in [0.4, 0.5) is 17.6 Å². The van der Waals surface area contributed by atoms with E-state index in [1.54, 1.807) is 12.1 Å². The highest BCUT2D eigenvalue weighted by Gasteiger charge is 2.37. The number of piperidine rings is 1. The number of rotatable bonds is 7. The van der Waals surface area contributed by atoms with Gasteiger partial charge in [-0.25, -0.2) is 4.39 Å². The lowest BCUT2D eigenvalue weighted by molar-refractivity contribution is -0.137. The van der Waals surface area contributed by atoms with Crippen LogP contribution in [0.2, 0.25) is 18.1 Å². The van der Waals surface area contributed by atoms with Crippen LogP contribution in [0.25, 0.3) is 11.1 Å². The highest BCUT2D eigenvalue weighted by Crippen LogP contribution is 2.41. The van der Waals surface area contributed by atoms with Crippen molar-refractivity contribution in [3.63, 3.8) is 0 Å². The maximum Gasteiger partial charge on any atom is 0.416 e. The molecule has 3 aromatic rings. The third kappa shape index (κ3) is 7.04. The molecule has 3 aromatic carbocycles. The molecule has 1 aliphatic heterocycles. The molecule has 0 aliphatic carbocycles. The molecule has 4 rings (SSSR count). The van der Waals surface area contributed by atoms with Crippen LogP contribution in [-0.2, 0) is 17.2 Å². The molecular weight excluding hydrogens is 530 g/mol. The number of benzene rings is 3. The fourth-order valence-electron chi connectivity index (χ4n) is 5.02. The summed E-state index contributed by atoms with van der Waals surface area (Å²) in [5, 5.41) is 0.0578. The van der Waals surface area contributed by atoms with Gasteiger partial charge in [-0.1, -0.05) is 64.1 Å². The van der Waals surface area contributed by atoms with Crippen LogP contribution in [-0.4, -0.2) is 26.3 Å². The molecule has 0 saturated carbocycles. The predicted octanol–water partition coefficient (Wildman–Crippen LogP) is 9.85. The average molecular weight is 572 g/mol. The second-order valence-electron chi connectivity index (χ2n) is 12.7. The molecule has 0 spiro atoms. The van der Waals surface area contributed by atoms with Crippen molar-refractivity contribution in [2.45, 2.75) is 77.5 Å². The van der Waals surface area contributed by atoms with Gasteiger partial charge in [0.25, 0.3) is 0 Å². The molecule has 2 nitrogen and oxygen atoms in total. The zero-order valence-corrected chi connectivity index (χ0v) is 25.4. The van der Waals surface area contributed by atoms with Crippen molar-refractivity contribution in [3.8, 4) is 11.1 Å². The summed E-state index contributed by atoms with van der Waals surface area (Å²) in [4.78, 5) is 2.42. The smallest absolute Gasteiger partial charge is 0.413 e. The monoisotopic (exact) mass is 571 g/mol. The second kappa shape index (κ2) is 11.8. The molecular formula is C33H41F4NOSi. The maximum absolute atomic E-state index is 13.9. The highest BCUT2D eigenvalue weighted by atomic mass is 28.4. The van der Waals surface area contributed by atoms with Crippen LogP contribution in [0.3, 0.4) is 0 Å². The van der Waals surface area contributed by atoms with Crippen LogP contribution in [0.5, 0.6) is 0 Å². The summed E-state index contributed by atoms with van der Waals surface area (Å²) in [5.41, 5.74) is 3.86. The molecule has 1 fully saturated rings. The Morgan fingerprint density at radius 3 is 2.05 bits per heavy atom. The van der Waals surface area contributed by atoms with Crippen molar-refractivity contribution in [3.05, 3.63) is 94.8 Å². The largest absolute Gasteiger partial charge is 0.416 e. The zero-order valence-electron chi connectivity index (χ0n) is 24.4. The SMILES string of the molecule is CC1CCN(C(c2ccc(F)cc2)c2ccc(CO[Si](C)(C)C(C)(C)C)cc2-c2ccc(C(F)(F)F)cc2)CC1. The van der Waals surface area contributed by atoms with Crippen LogP contribution in [0.1, 0.15) is 68.8 Å². The zero-order chi connectivity index (χ0) is 29.3. The number of hydrogen-bond donors (Lipinski definition) is 0. The lowest BCUT2D eigenvalue weighted by Crippen LogP contribution is -2.40. The van der Waals surface area contributed by atoms with Gasteiger partial charge in [-0.15, -0.1) is 0 Å².